The molecule has 0 spiro atoms. The van der Waals surface area contributed by atoms with Crippen LogP contribution < -0.4 is 5.32 Å². The van der Waals surface area contributed by atoms with E-state index in [1.165, 1.54) is 11.3 Å². The minimum Gasteiger partial charge on any atom is -0.282 e. The molecule has 2 amide bonds. The number of aromatic nitrogens is 1. The summed E-state index contributed by atoms with van der Waals surface area (Å²) in [6.45, 7) is 0. The predicted molar refractivity (Wildman–Crippen MR) is 99.2 cm³/mol. The van der Waals surface area contributed by atoms with Gasteiger partial charge in [-0.2, -0.15) is 0 Å². The van der Waals surface area contributed by atoms with Gasteiger partial charge in [-0.15, -0.1) is 11.3 Å². The summed E-state index contributed by atoms with van der Waals surface area (Å²) in [6.07, 6.45) is 3.48. The molecular weight excluding hydrogens is 364 g/mol. The lowest BCUT2D eigenvalue weighted by Crippen LogP contribution is -2.17. The van der Waals surface area contributed by atoms with Crippen molar-refractivity contribution in [3.8, 4) is 10.4 Å². The van der Waals surface area contributed by atoms with Crippen molar-refractivity contribution in [1.82, 2.24) is 10.3 Å². The van der Waals surface area contributed by atoms with Gasteiger partial charge in [-0.3, -0.25) is 19.9 Å². The molecular formula is C17H9ClN2O2S2. The molecule has 1 N–H and O–H groups in total. The number of halogens is 1. The molecule has 4 rings (SSSR count). The van der Waals surface area contributed by atoms with Crippen LogP contribution in [0.25, 0.3) is 27.4 Å². The number of imide groups is 1. The van der Waals surface area contributed by atoms with Gasteiger partial charge in [-0.1, -0.05) is 17.7 Å². The Balaban J connectivity index is 1.84. The first-order valence-electron chi connectivity index (χ1n) is 6.99. The molecule has 7 heteroatoms. The van der Waals surface area contributed by atoms with E-state index in [4.69, 9.17) is 11.6 Å². The number of thioether (sulfide) groups is 1. The zero-order valence-corrected chi connectivity index (χ0v) is 14.5. The van der Waals surface area contributed by atoms with Crippen molar-refractivity contribution in [2.24, 2.45) is 0 Å². The Labute approximate surface area is 150 Å². The molecule has 1 aliphatic rings. The van der Waals surface area contributed by atoms with Gasteiger partial charge < -0.3 is 0 Å². The van der Waals surface area contributed by atoms with Crippen LogP contribution in [0.5, 0.6) is 0 Å². The van der Waals surface area contributed by atoms with Crippen LogP contribution in [0.15, 0.2) is 47.5 Å². The molecule has 1 aliphatic heterocycles. The molecule has 118 valence electrons. The molecule has 0 atom stereocenters. The monoisotopic (exact) mass is 372 g/mol. The Kier molecular flexibility index (Phi) is 3.88. The first-order valence-corrected chi connectivity index (χ1v) is 9.00. The zero-order chi connectivity index (χ0) is 16.7. The predicted octanol–water partition coefficient (Wildman–Crippen LogP) is 4.94. The summed E-state index contributed by atoms with van der Waals surface area (Å²) < 4.78 is 0.728. The summed E-state index contributed by atoms with van der Waals surface area (Å²) in [4.78, 5) is 28.8. The Morgan fingerprint density at radius 2 is 2.00 bits per heavy atom. The molecule has 0 saturated carbocycles. The molecule has 2 aromatic heterocycles. The molecule has 4 nitrogen and oxygen atoms in total. The summed E-state index contributed by atoms with van der Waals surface area (Å²) in [5.41, 5.74) is 2.74. The SMILES string of the molecule is O=C1NC(=O)C(=Cc2ccc3nccc(-c4ccc(Cl)s4)c3c2)S1. The minimum absolute atomic E-state index is 0.345. The summed E-state index contributed by atoms with van der Waals surface area (Å²) in [5, 5.41) is 2.88. The lowest BCUT2D eigenvalue weighted by molar-refractivity contribution is -0.115. The maximum Gasteiger partial charge on any atom is 0.290 e. The van der Waals surface area contributed by atoms with Crippen LogP contribution in [-0.4, -0.2) is 16.1 Å². The fourth-order valence-electron chi connectivity index (χ4n) is 2.50. The molecule has 1 saturated heterocycles. The largest absolute Gasteiger partial charge is 0.290 e. The normalized spacial score (nSPS) is 16.1. The van der Waals surface area contributed by atoms with E-state index in [9.17, 15) is 9.59 Å². The van der Waals surface area contributed by atoms with Crippen molar-refractivity contribution in [3.05, 3.63) is 57.4 Å². The molecule has 24 heavy (non-hydrogen) atoms. The fraction of sp³-hybridized carbons (Fsp3) is 0. The van der Waals surface area contributed by atoms with Gasteiger partial charge in [-0.25, -0.2) is 0 Å². The second-order valence-corrected chi connectivity index (χ2v) is 7.82. The van der Waals surface area contributed by atoms with E-state index in [2.05, 4.69) is 10.3 Å². The highest BCUT2D eigenvalue weighted by Crippen LogP contribution is 2.35. The smallest absolute Gasteiger partial charge is 0.282 e. The fourth-order valence-corrected chi connectivity index (χ4v) is 4.26. The summed E-state index contributed by atoms with van der Waals surface area (Å²) in [7, 11) is 0. The number of carbonyl (C=O) groups excluding carboxylic acids is 2. The Bertz CT molecular complexity index is 1030. The highest BCUT2D eigenvalue weighted by molar-refractivity contribution is 8.18. The van der Waals surface area contributed by atoms with Gasteiger partial charge in [0, 0.05) is 22.0 Å². The lowest BCUT2D eigenvalue weighted by atomic mass is 10.0. The number of hydrogen-bond donors (Lipinski definition) is 1. The highest BCUT2D eigenvalue weighted by Gasteiger charge is 2.24. The van der Waals surface area contributed by atoms with Gasteiger partial charge in [0.2, 0.25) is 0 Å². The summed E-state index contributed by atoms with van der Waals surface area (Å²) in [5.74, 6) is -0.360. The Morgan fingerprint density at radius 1 is 1.12 bits per heavy atom. The number of carbonyl (C=O) groups is 2. The average Bonchev–Trinajstić information content (AvgIpc) is 3.12. The number of nitrogens with zero attached hydrogens (tertiary/aromatic N) is 1. The zero-order valence-electron chi connectivity index (χ0n) is 12.1. The number of nitrogens with one attached hydrogen (secondary N) is 1. The maximum atomic E-state index is 11.7. The second kappa shape index (κ2) is 6.05. The topological polar surface area (TPSA) is 59.1 Å². The number of amides is 2. The molecule has 3 heterocycles. The lowest BCUT2D eigenvalue weighted by Gasteiger charge is -2.05. The molecule has 0 radical (unpaired) electrons. The van der Waals surface area contributed by atoms with Crippen LogP contribution >= 0.6 is 34.7 Å². The molecule has 1 aromatic carbocycles. The Hall–Kier alpha value is -2.15. The summed E-state index contributed by atoms with van der Waals surface area (Å²) in [6, 6.07) is 11.5. The van der Waals surface area contributed by atoms with E-state index in [0.29, 0.717) is 4.91 Å². The van der Waals surface area contributed by atoms with E-state index in [1.807, 2.05) is 36.4 Å². The minimum atomic E-state index is -0.360. The van der Waals surface area contributed by atoms with Gasteiger partial charge in [0.25, 0.3) is 11.1 Å². The van der Waals surface area contributed by atoms with Gasteiger partial charge in [0.15, 0.2) is 0 Å². The van der Waals surface area contributed by atoms with E-state index in [1.54, 1.807) is 12.3 Å². The highest BCUT2D eigenvalue weighted by atomic mass is 35.5. The molecule has 0 bridgehead atoms. The quantitative estimate of drug-likeness (QED) is 0.647. The standard InChI is InChI=1S/C17H9ClN2O2S2/c18-15-4-3-13(23-15)10-5-6-19-12-2-1-9(7-11(10)12)8-14-16(21)20-17(22)24-14/h1-8H,(H,20,21,22). The first kappa shape index (κ1) is 15.4. The van der Waals surface area contributed by atoms with Crippen LogP contribution in [0, 0.1) is 0 Å². The van der Waals surface area contributed by atoms with Crippen molar-refractivity contribution in [2.45, 2.75) is 0 Å². The maximum absolute atomic E-state index is 11.7. The first-order chi connectivity index (χ1) is 11.6. The van der Waals surface area contributed by atoms with E-state index in [0.717, 1.165) is 43.0 Å². The van der Waals surface area contributed by atoms with Gasteiger partial charge >= 0.3 is 0 Å². The molecule has 1 fully saturated rings. The van der Waals surface area contributed by atoms with Crippen molar-refractivity contribution >= 4 is 62.8 Å². The third kappa shape index (κ3) is 2.84. The van der Waals surface area contributed by atoms with Crippen LogP contribution in [0.2, 0.25) is 4.34 Å². The van der Waals surface area contributed by atoms with E-state index in [-0.39, 0.29) is 11.1 Å². The molecule has 0 unspecified atom stereocenters. The summed E-state index contributed by atoms with van der Waals surface area (Å²) >= 11 is 8.46. The third-order valence-corrected chi connectivity index (χ3v) is 5.62. The molecule has 3 aromatic rings. The Morgan fingerprint density at radius 3 is 2.71 bits per heavy atom. The van der Waals surface area contributed by atoms with Crippen LogP contribution in [0.4, 0.5) is 4.79 Å². The number of benzene rings is 1. The van der Waals surface area contributed by atoms with Crippen LogP contribution in [0.1, 0.15) is 5.56 Å². The number of fused-ring (bicyclic) bond motifs is 1. The van der Waals surface area contributed by atoms with Crippen molar-refractivity contribution in [2.75, 3.05) is 0 Å². The van der Waals surface area contributed by atoms with E-state index >= 15 is 0 Å². The van der Waals surface area contributed by atoms with E-state index < -0.39 is 0 Å². The van der Waals surface area contributed by atoms with Gasteiger partial charge in [-0.05, 0) is 53.7 Å². The van der Waals surface area contributed by atoms with Crippen LogP contribution in [0.3, 0.4) is 0 Å². The number of rotatable bonds is 2. The average molecular weight is 373 g/mol. The van der Waals surface area contributed by atoms with Gasteiger partial charge in [0.1, 0.15) is 0 Å². The van der Waals surface area contributed by atoms with Crippen molar-refractivity contribution < 1.29 is 9.59 Å². The third-order valence-electron chi connectivity index (χ3n) is 3.54. The number of thiophene rings is 1. The second-order valence-electron chi connectivity index (χ2n) is 5.09. The number of pyridine rings is 1. The number of hydrogen-bond acceptors (Lipinski definition) is 5. The van der Waals surface area contributed by atoms with Crippen LogP contribution in [-0.2, 0) is 4.79 Å². The van der Waals surface area contributed by atoms with Crippen molar-refractivity contribution in [3.63, 3.8) is 0 Å². The van der Waals surface area contributed by atoms with Crippen molar-refractivity contribution in [1.29, 1.82) is 0 Å². The molecule has 0 aliphatic carbocycles. The van der Waals surface area contributed by atoms with Gasteiger partial charge in [0.05, 0.1) is 14.8 Å².